The summed E-state index contributed by atoms with van der Waals surface area (Å²) in [4.78, 5) is 21.8. The summed E-state index contributed by atoms with van der Waals surface area (Å²) in [5, 5.41) is 23.3. The standard InChI is InChI=1S/C22H11F4N9O/c23-17-3-1-2-14-15(17)9-28-11-18(14)34-19(22(24,25)26)16(10-32-34)21(36)33-13-6-12(7-27)20(29-8-13)35-30-4-5-31-35/h1-6,8-11H,(H,33,36). The molecule has 1 aromatic carbocycles. The molecule has 0 aliphatic rings. The fraction of sp³-hybridized carbons (Fsp3) is 0.0455. The minimum atomic E-state index is -5.01. The van der Waals surface area contributed by atoms with Gasteiger partial charge in [-0.25, -0.2) is 14.1 Å². The van der Waals surface area contributed by atoms with Crippen molar-refractivity contribution in [2.75, 3.05) is 5.32 Å². The smallest absolute Gasteiger partial charge is 0.320 e. The number of nitrogens with one attached hydrogen (secondary N) is 1. The summed E-state index contributed by atoms with van der Waals surface area (Å²) >= 11 is 0. The van der Waals surface area contributed by atoms with Crippen molar-refractivity contribution in [2.24, 2.45) is 0 Å². The molecule has 0 saturated heterocycles. The number of fused-ring (bicyclic) bond motifs is 1. The molecule has 0 radical (unpaired) electrons. The van der Waals surface area contributed by atoms with E-state index in [1.807, 2.05) is 6.07 Å². The van der Waals surface area contributed by atoms with Gasteiger partial charge in [0.2, 0.25) is 0 Å². The first-order chi connectivity index (χ1) is 17.3. The van der Waals surface area contributed by atoms with Crippen molar-refractivity contribution < 1.29 is 22.4 Å². The zero-order valence-corrected chi connectivity index (χ0v) is 17.8. The molecular weight excluding hydrogens is 482 g/mol. The molecular formula is C22H11F4N9O. The van der Waals surface area contributed by atoms with Crippen molar-refractivity contribution in [3.05, 3.63) is 84.1 Å². The van der Waals surface area contributed by atoms with Gasteiger partial charge in [-0.1, -0.05) is 12.1 Å². The van der Waals surface area contributed by atoms with E-state index in [4.69, 9.17) is 0 Å². The first-order valence-electron chi connectivity index (χ1n) is 10.0. The lowest BCUT2D eigenvalue weighted by Gasteiger charge is -2.14. The van der Waals surface area contributed by atoms with Crippen LogP contribution in [0.3, 0.4) is 0 Å². The number of hydrogen-bond acceptors (Lipinski definition) is 7. The van der Waals surface area contributed by atoms with E-state index in [2.05, 4.69) is 30.6 Å². The number of rotatable bonds is 4. The molecule has 4 aromatic heterocycles. The van der Waals surface area contributed by atoms with Crippen molar-refractivity contribution in [3.8, 4) is 17.6 Å². The van der Waals surface area contributed by atoms with E-state index >= 15 is 0 Å². The zero-order chi connectivity index (χ0) is 25.4. The summed E-state index contributed by atoms with van der Waals surface area (Å²) < 4.78 is 57.1. The monoisotopic (exact) mass is 493 g/mol. The number of halogens is 4. The third-order valence-electron chi connectivity index (χ3n) is 5.09. The lowest BCUT2D eigenvalue weighted by Crippen LogP contribution is -2.21. The Morgan fingerprint density at radius 1 is 1.03 bits per heavy atom. The Labute approximate surface area is 198 Å². The van der Waals surface area contributed by atoms with E-state index in [1.54, 1.807) is 0 Å². The maximum atomic E-state index is 14.2. The molecule has 5 rings (SSSR count). The molecule has 0 saturated carbocycles. The van der Waals surface area contributed by atoms with Crippen LogP contribution in [0.5, 0.6) is 0 Å². The molecule has 4 heterocycles. The van der Waals surface area contributed by atoms with Gasteiger partial charge in [0, 0.05) is 17.0 Å². The zero-order valence-electron chi connectivity index (χ0n) is 17.8. The highest BCUT2D eigenvalue weighted by atomic mass is 19.4. The average molecular weight is 493 g/mol. The molecule has 5 aromatic rings. The van der Waals surface area contributed by atoms with Gasteiger partial charge < -0.3 is 5.32 Å². The molecule has 14 heteroatoms. The number of pyridine rings is 2. The van der Waals surface area contributed by atoms with E-state index in [1.165, 1.54) is 36.8 Å². The molecule has 36 heavy (non-hydrogen) atoms. The van der Waals surface area contributed by atoms with E-state index in [0.29, 0.717) is 4.68 Å². The Hall–Kier alpha value is -5.19. The summed E-state index contributed by atoms with van der Waals surface area (Å²) in [7, 11) is 0. The number of carbonyl (C=O) groups is 1. The molecule has 1 amide bonds. The molecule has 10 nitrogen and oxygen atoms in total. The normalized spacial score (nSPS) is 11.4. The van der Waals surface area contributed by atoms with E-state index < -0.39 is 29.2 Å². The number of aromatic nitrogens is 7. The van der Waals surface area contributed by atoms with Crippen LogP contribution in [0.25, 0.3) is 22.3 Å². The largest absolute Gasteiger partial charge is 0.434 e. The predicted octanol–water partition coefficient (Wildman–Crippen LogP) is 3.68. The Morgan fingerprint density at radius 2 is 1.81 bits per heavy atom. The highest BCUT2D eigenvalue weighted by Crippen LogP contribution is 2.35. The second kappa shape index (κ2) is 8.55. The second-order valence-corrected chi connectivity index (χ2v) is 7.29. The lowest BCUT2D eigenvalue weighted by molar-refractivity contribution is -0.143. The number of nitrogens with zero attached hydrogens (tertiary/aromatic N) is 8. The van der Waals surface area contributed by atoms with Gasteiger partial charge in [0.05, 0.1) is 47.9 Å². The highest BCUT2D eigenvalue weighted by molar-refractivity contribution is 6.05. The highest BCUT2D eigenvalue weighted by Gasteiger charge is 2.41. The van der Waals surface area contributed by atoms with Gasteiger partial charge in [-0.15, -0.1) is 4.80 Å². The fourth-order valence-electron chi connectivity index (χ4n) is 3.57. The minimum Gasteiger partial charge on any atom is -0.320 e. The van der Waals surface area contributed by atoms with Gasteiger partial charge in [0.15, 0.2) is 11.5 Å². The molecule has 0 aliphatic carbocycles. The molecule has 0 atom stereocenters. The van der Waals surface area contributed by atoms with Crippen LogP contribution in [0.2, 0.25) is 0 Å². The summed E-state index contributed by atoms with van der Waals surface area (Å²) in [6.07, 6.45) is 1.90. The first-order valence-corrected chi connectivity index (χ1v) is 10.0. The Bertz CT molecular complexity index is 1650. The lowest BCUT2D eigenvalue weighted by atomic mass is 10.1. The predicted molar refractivity (Wildman–Crippen MR) is 116 cm³/mol. The summed E-state index contributed by atoms with van der Waals surface area (Å²) in [5.41, 5.74) is -2.42. The number of benzene rings is 1. The number of nitriles is 1. The number of amides is 1. The Balaban J connectivity index is 1.55. The van der Waals surface area contributed by atoms with Gasteiger partial charge in [-0.2, -0.15) is 33.7 Å². The van der Waals surface area contributed by atoms with Crippen LogP contribution in [0.15, 0.2) is 61.4 Å². The summed E-state index contributed by atoms with van der Waals surface area (Å²) in [6, 6.07) is 7.00. The average Bonchev–Trinajstić information content (AvgIpc) is 3.54. The SMILES string of the molecule is N#Cc1cc(NC(=O)c2cnn(-c3cncc4c(F)cccc34)c2C(F)(F)F)cnc1-n1nccn1. The van der Waals surface area contributed by atoms with Crippen molar-refractivity contribution in [2.45, 2.75) is 6.18 Å². The third-order valence-corrected chi connectivity index (χ3v) is 5.09. The molecule has 0 bridgehead atoms. The molecule has 0 aliphatic heterocycles. The van der Waals surface area contributed by atoms with Crippen molar-refractivity contribution in [1.29, 1.82) is 5.26 Å². The van der Waals surface area contributed by atoms with Crippen LogP contribution in [-0.4, -0.2) is 40.6 Å². The van der Waals surface area contributed by atoms with Gasteiger partial charge in [-0.3, -0.25) is 9.78 Å². The van der Waals surface area contributed by atoms with E-state index in [0.717, 1.165) is 29.5 Å². The molecule has 0 unspecified atom stereocenters. The summed E-state index contributed by atoms with van der Waals surface area (Å²) in [6.45, 7) is 0. The van der Waals surface area contributed by atoms with Crippen molar-refractivity contribution >= 4 is 22.4 Å². The number of hydrogen-bond donors (Lipinski definition) is 1. The van der Waals surface area contributed by atoms with Gasteiger partial charge in [0.1, 0.15) is 17.4 Å². The fourth-order valence-corrected chi connectivity index (χ4v) is 3.57. The van der Waals surface area contributed by atoms with Crippen LogP contribution < -0.4 is 5.32 Å². The van der Waals surface area contributed by atoms with Gasteiger partial charge in [0.25, 0.3) is 5.91 Å². The topological polar surface area (TPSA) is 127 Å². The van der Waals surface area contributed by atoms with Crippen molar-refractivity contribution in [3.63, 3.8) is 0 Å². The van der Waals surface area contributed by atoms with Crippen LogP contribution in [0, 0.1) is 17.1 Å². The number of carbonyl (C=O) groups excluding carboxylic acids is 1. The van der Waals surface area contributed by atoms with E-state index in [-0.39, 0.29) is 33.5 Å². The first kappa shape index (κ1) is 22.6. The second-order valence-electron chi connectivity index (χ2n) is 7.29. The van der Waals surface area contributed by atoms with Crippen molar-refractivity contribution in [1.82, 2.24) is 34.7 Å². The number of alkyl halides is 3. The quantitative estimate of drug-likeness (QED) is 0.379. The van der Waals surface area contributed by atoms with E-state index in [9.17, 15) is 27.6 Å². The van der Waals surface area contributed by atoms with Crippen LogP contribution in [-0.2, 0) is 6.18 Å². The Kier molecular flexibility index (Phi) is 5.36. The summed E-state index contributed by atoms with van der Waals surface area (Å²) in [5.74, 6) is -1.75. The molecule has 178 valence electrons. The van der Waals surface area contributed by atoms with Gasteiger partial charge >= 0.3 is 6.18 Å². The van der Waals surface area contributed by atoms with Gasteiger partial charge in [-0.05, 0) is 12.1 Å². The molecule has 0 spiro atoms. The third kappa shape index (κ3) is 3.88. The molecule has 1 N–H and O–H groups in total. The molecule has 0 fully saturated rings. The van der Waals surface area contributed by atoms with Crippen LogP contribution in [0.4, 0.5) is 23.2 Å². The maximum Gasteiger partial charge on any atom is 0.434 e. The van der Waals surface area contributed by atoms with Crippen LogP contribution in [0.1, 0.15) is 21.6 Å². The Morgan fingerprint density at radius 3 is 2.53 bits per heavy atom. The number of anilines is 1. The minimum absolute atomic E-state index is 0.00788. The maximum absolute atomic E-state index is 14.2. The van der Waals surface area contributed by atoms with Crippen LogP contribution >= 0.6 is 0 Å².